The van der Waals surface area contributed by atoms with Gasteiger partial charge in [0.15, 0.2) is 0 Å². The molecule has 0 aromatic carbocycles. The van der Waals surface area contributed by atoms with Gasteiger partial charge in [-0.3, -0.25) is 9.48 Å². The van der Waals surface area contributed by atoms with Gasteiger partial charge in [0, 0.05) is 26.7 Å². The molecule has 1 aromatic heterocycles. The van der Waals surface area contributed by atoms with Gasteiger partial charge in [0.1, 0.15) is 17.4 Å². The highest BCUT2D eigenvalue weighted by atomic mass is 19.3. The second-order valence-corrected chi connectivity index (χ2v) is 4.57. The number of hydrogen-bond donors (Lipinski definition) is 2. The fraction of sp³-hybridized carbons (Fsp3) is 0.636. The minimum absolute atomic E-state index is 0.0859. The van der Waals surface area contributed by atoms with Crippen molar-refractivity contribution in [1.29, 1.82) is 0 Å². The van der Waals surface area contributed by atoms with Crippen LogP contribution < -0.4 is 11.1 Å². The van der Waals surface area contributed by atoms with E-state index >= 15 is 0 Å². The lowest BCUT2D eigenvalue weighted by Gasteiger charge is -2.35. The summed E-state index contributed by atoms with van der Waals surface area (Å²) in [5, 5.41) is 6.90. The van der Waals surface area contributed by atoms with Crippen LogP contribution in [0.15, 0.2) is 0 Å². The predicted molar refractivity (Wildman–Crippen MR) is 66.1 cm³/mol. The second kappa shape index (κ2) is 5.12. The molecule has 2 heterocycles. The fourth-order valence-corrected chi connectivity index (χ4v) is 2.29. The molecule has 0 radical (unpaired) electrons. The van der Waals surface area contributed by atoms with Gasteiger partial charge in [0.25, 0.3) is 12.3 Å². The number of anilines is 1. The average molecular weight is 273 g/mol. The smallest absolute Gasteiger partial charge is 0.260 e. The number of carbonyl (C=O) groups is 1. The Morgan fingerprint density at radius 2 is 2.26 bits per heavy atom. The molecule has 19 heavy (non-hydrogen) atoms. The van der Waals surface area contributed by atoms with E-state index in [4.69, 9.17) is 5.73 Å². The Hall–Kier alpha value is -1.70. The zero-order valence-corrected chi connectivity index (χ0v) is 10.9. The van der Waals surface area contributed by atoms with Crippen LogP contribution in [0.3, 0.4) is 0 Å². The van der Waals surface area contributed by atoms with Crippen molar-refractivity contribution in [1.82, 2.24) is 20.0 Å². The summed E-state index contributed by atoms with van der Waals surface area (Å²) in [6.07, 6.45) is -2.59. The molecular weight excluding hydrogens is 256 g/mol. The lowest BCUT2D eigenvalue weighted by atomic mass is 10.1. The van der Waals surface area contributed by atoms with Crippen LogP contribution in [0, 0.1) is 6.92 Å². The van der Waals surface area contributed by atoms with Crippen molar-refractivity contribution in [3.63, 3.8) is 0 Å². The number of hydrogen-bond acceptors (Lipinski definition) is 4. The molecular formula is C11H17F2N5O. The first kappa shape index (κ1) is 13.7. The number of amides is 1. The third kappa shape index (κ3) is 2.40. The first-order valence-electron chi connectivity index (χ1n) is 6.02. The number of carbonyl (C=O) groups excluding carboxylic acids is 1. The predicted octanol–water partition coefficient (Wildman–Crippen LogP) is -0.0102. The third-order valence-electron chi connectivity index (χ3n) is 3.32. The number of nitrogens with one attached hydrogen (secondary N) is 1. The molecule has 1 fully saturated rings. The Bertz CT molecular complexity index is 488. The van der Waals surface area contributed by atoms with Crippen molar-refractivity contribution in [3.05, 3.63) is 11.3 Å². The van der Waals surface area contributed by atoms with Gasteiger partial charge in [-0.05, 0) is 6.92 Å². The highest BCUT2D eigenvalue weighted by molar-refractivity contribution is 5.99. The zero-order valence-electron chi connectivity index (χ0n) is 10.9. The molecule has 1 amide bonds. The SMILES string of the molecule is Cc1nn(C)c(N)c1C(=O)N1CCNCC1C(F)F. The molecule has 1 aliphatic rings. The summed E-state index contributed by atoms with van der Waals surface area (Å²) < 4.78 is 27.3. The lowest BCUT2D eigenvalue weighted by Crippen LogP contribution is -2.56. The number of rotatable bonds is 2. The standard InChI is InChI=1S/C11H17F2N5O/c1-6-8(10(14)17(2)16-6)11(19)18-4-3-15-5-7(18)9(12)13/h7,9,15H,3-5,14H2,1-2H3. The van der Waals surface area contributed by atoms with Crippen LogP contribution >= 0.6 is 0 Å². The molecule has 6 nitrogen and oxygen atoms in total. The van der Waals surface area contributed by atoms with Crippen molar-refractivity contribution < 1.29 is 13.6 Å². The Morgan fingerprint density at radius 1 is 1.58 bits per heavy atom. The summed E-state index contributed by atoms with van der Waals surface area (Å²) in [5.41, 5.74) is 6.46. The second-order valence-electron chi connectivity index (χ2n) is 4.57. The number of nitrogens with two attached hydrogens (primary N) is 1. The van der Waals surface area contributed by atoms with Gasteiger partial charge >= 0.3 is 0 Å². The lowest BCUT2D eigenvalue weighted by molar-refractivity contribution is 0.0126. The van der Waals surface area contributed by atoms with E-state index in [1.54, 1.807) is 14.0 Å². The van der Waals surface area contributed by atoms with Gasteiger partial charge in [0.2, 0.25) is 0 Å². The highest BCUT2D eigenvalue weighted by Gasteiger charge is 2.35. The minimum atomic E-state index is -2.59. The minimum Gasteiger partial charge on any atom is -0.383 e. The van der Waals surface area contributed by atoms with Crippen molar-refractivity contribution in [2.75, 3.05) is 25.4 Å². The molecule has 8 heteroatoms. The molecule has 0 spiro atoms. The molecule has 2 rings (SSSR count). The maximum atomic E-state index is 13.0. The van der Waals surface area contributed by atoms with E-state index in [0.717, 1.165) is 0 Å². The summed E-state index contributed by atoms with van der Waals surface area (Å²) in [6.45, 7) is 2.46. The number of aromatic nitrogens is 2. The number of nitrogens with zero attached hydrogens (tertiary/aromatic N) is 3. The Kier molecular flexibility index (Phi) is 3.70. The van der Waals surface area contributed by atoms with Crippen molar-refractivity contribution in [2.45, 2.75) is 19.4 Å². The summed E-state index contributed by atoms with van der Waals surface area (Å²) in [7, 11) is 1.61. The third-order valence-corrected chi connectivity index (χ3v) is 3.32. The van der Waals surface area contributed by atoms with Gasteiger partial charge in [-0.15, -0.1) is 0 Å². The molecule has 1 saturated heterocycles. The monoisotopic (exact) mass is 273 g/mol. The van der Waals surface area contributed by atoms with E-state index in [2.05, 4.69) is 10.4 Å². The van der Waals surface area contributed by atoms with E-state index < -0.39 is 18.4 Å². The van der Waals surface area contributed by atoms with Crippen LogP contribution in [0.4, 0.5) is 14.6 Å². The molecule has 0 aliphatic carbocycles. The van der Waals surface area contributed by atoms with Gasteiger partial charge in [-0.2, -0.15) is 5.10 Å². The maximum absolute atomic E-state index is 13.0. The molecule has 106 valence electrons. The van der Waals surface area contributed by atoms with Gasteiger partial charge in [-0.1, -0.05) is 0 Å². The number of piperazine rings is 1. The summed E-state index contributed by atoms with van der Waals surface area (Å²) in [5.74, 6) is -0.274. The van der Waals surface area contributed by atoms with Crippen molar-refractivity contribution in [3.8, 4) is 0 Å². The largest absolute Gasteiger partial charge is 0.383 e. The quantitative estimate of drug-likeness (QED) is 0.794. The average Bonchev–Trinajstić information content (AvgIpc) is 2.62. The number of halogens is 2. The number of alkyl halides is 2. The molecule has 0 saturated carbocycles. The van der Waals surface area contributed by atoms with Gasteiger partial charge in [0.05, 0.1) is 5.69 Å². The molecule has 0 bridgehead atoms. The van der Waals surface area contributed by atoms with E-state index in [1.807, 2.05) is 0 Å². The zero-order chi connectivity index (χ0) is 14.2. The first-order valence-corrected chi connectivity index (χ1v) is 6.02. The van der Waals surface area contributed by atoms with Crippen LogP contribution in [0.1, 0.15) is 16.1 Å². The van der Waals surface area contributed by atoms with E-state index in [9.17, 15) is 13.6 Å². The number of nitrogen functional groups attached to an aromatic ring is 1. The highest BCUT2D eigenvalue weighted by Crippen LogP contribution is 2.21. The molecule has 1 aromatic rings. The van der Waals surface area contributed by atoms with Crippen LogP contribution in [0.2, 0.25) is 0 Å². The molecule has 1 unspecified atom stereocenters. The van der Waals surface area contributed by atoms with E-state index in [1.165, 1.54) is 9.58 Å². The van der Waals surface area contributed by atoms with Gasteiger partial charge in [-0.25, -0.2) is 8.78 Å². The summed E-state index contributed by atoms with van der Waals surface area (Å²) in [4.78, 5) is 13.6. The van der Waals surface area contributed by atoms with Crippen LogP contribution in [-0.4, -0.2) is 52.7 Å². The first-order chi connectivity index (χ1) is 8.93. The van der Waals surface area contributed by atoms with Crippen molar-refractivity contribution in [2.24, 2.45) is 7.05 Å². The Morgan fingerprint density at radius 3 is 2.79 bits per heavy atom. The Balaban J connectivity index is 2.31. The normalized spacial score (nSPS) is 20.1. The molecule has 3 N–H and O–H groups in total. The topological polar surface area (TPSA) is 76.2 Å². The van der Waals surface area contributed by atoms with E-state index in [0.29, 0.717) is 12.2 Å². The van der Waals surface area contributed by atoms with Gasteiger partial charge < -0.3 is 16.0 Å². The summed E-state index contributed by atoms with van der Waals surface area (Å²) >= 11 is 0. The summed E-state index contributed by atoms with van der Waals surface area (Å²) in [6, 6.07) is -1.12. The van der Waals surface area contributed by atoms with Crippen LogP contribution in [0.25, 0.3) is 0 Å². The van der Waals surface area contributed by atoms with Crippen molar-refractivity contribution >= 4 is 11.7 Å². The van der Waals surface area contributed by atoms with E-state index in [-0.39, 0.29) is 24.5 Å². The molecule has 1 aliphatic heterocycles. The fourth-order valence-electron chi connectivity index (χ4n) is 2.29. The van der Waals surface area contributed by atoms with Crippen LogP contribution in [-0.2, 0) is 7.05 Å². The van der Waals surface area contributed by atoms with Crippen LogP contribution in [0.5, 0.6) is 0 Å². The molecule has 1 atom stereocenters. The Labute approximate surface area is 109 Å². The number of aryl methyl sites for hydroxylation is 2. The maximum Gasteiger partial charge on any atom is 0.260 e.